The van der Waals surface area contributed by atoms with Gasteiger partial charge in [-0.25, -0.2) is 8.42 Å². The molecule has 0 aromatic carbocycles. The minimum Gasteiger partial charge on any atom is -0.347 e. The third kappa shape index (κ3) is 4.49. The Morgan fingerprint density at radius 3 is 2.42 bits per heavy atom. The Bertz CT molecular complexity index is 445. The molecule has 1 aliphatic rings. The first-order valence-electron chi connectivity index (χ1n) is 6.54. The van der Waals surface area contributed by atoms with Crippen LogP contribution in [0, 0.1) is 5.92 Å². The molecule has 0 saturated carbocycles. The summed E-state index contributed by atoms with van der Waals surface area (Å²) in [6.07, 6.45) is 0.486. The lowest BCUT2D eigenvalue weighted by molar-refractivity contribution is -0.134. The van der Waals surface area contributed by atoms with Crippen LogP contribution in [0.25, 0.3) is 0 Å². The van der Waals surface area contributed by atoms with Gasteiger partial charge in [0.2, 0.25) is 11.8 Å². The van der Waals surface area contributed by atoms with Crippen molar-refractivity contribution in [3.8, 4) is 0 Å². The topological polar surface area (TPSA) is 83.6 Å². The van der Waals surface area contributed by atoms with Gasteiger partial charge in [-0.05, 0) is 13.3 Å². The van der Waals surface area contributed by atoms with Crippen LogP contribution >= 0.6 is 0 Å². The number of nitrogens with one attached hydrogen (secondary N) is 1. The molecule has 19 heavy (non-hydrogen) atoms. The second kappa shape index (κ2) is 6.36. The van der Waals surface area contributed by atoms with Crippen molar-refractivity contribution < 1.29 is 18.0 Å². The van der Waals surface area contributed by atoms with Gasteiger partial charge in [-0.15, -0.1) is 0 Å². The summed E-state index contributed by atoms with van der Waals surface area (Å²) in [6, 6.07) is -0.251. The van der Waals surface area contributed by atoms with Crippen LogP contribution in [0.1, 0.15) is 27.2 Å². The highest BCUT2D eigenvalue weighted by Gasteiger charge is 2.33. The van der Waals surface area contributed by atoms with Crippen molar-refractivity contribution in [1.29, 1.82) is 0 Å². The molecule has 1 heterocycles. The second-order valence-corrected chi connectivity index (χ2v) is 7.34. The zero-order chi connectivity index (χ0) is 14.6. The zero-order valence-corrected chi connectivity index (χ0v) is 12.5. The molecule has 1 rings (SSSR count). The van der Waals surface area contributed by atoms with Crippen LogP contribution in [0.3, 0.4) is 0 Å². The number of likely N-dealkylation sites (N-methyl/N-ethyl adjacent to an activating group) is 1. The molecule has 2 amide bonds. The molecule has 0 spiro atoms. The first kappa shape index (κ1) is 15.9. The molecule has 1 N–H and O–H groups in total. The fourth-order valence-electron chi connectivity index (χ4n) is 2.13. The van der Waals surface area contributed by atoms with Gasteiger partial charge in [0.05, 0.1) is 18.1 Å². The SMILES string of the molecule is CCN(C(=O)CNC(=O)C(C)C)C1CCS(=O)(=O)C1. The van der Waals surface area contributed by atoms with Crippen molar-refractivity contribution in [2.75, 3.05) is 24.6 Å². The van der Waals surface area contributed by atoms with E-state index in [9.17, 15) is 18.0 Å². The monoisotopic (exact) mass is 290 g/mol. The van der Waals surface area contributed by atoms with Crippen LogP contribution in [-0.2, 0) is 19.4 Å². The molecule has 0 radical (unpaired) electrons. The number of hydrogen-bond acceptors (Lipinski definition) is 4. The molecule has 0 aliphatic carbocycles. The highest BCUT2D eigenvalue weighted by Crippen LogP contribution is 2.17. The maximum atomic E-state index is 12.0. The standard InChI is InChI=1S/C12H22N2O4S/c1-4-14(10-5-6-19(17,18)8-10)11(15)7-13-12(16)9(2)3/h9-10H,4-8H2,1-3H3,(H,13,16). The minimum atomic E-state index is -3.01. The molecule has 0 bridgehead atoms. The van der Waals surface area contributed by atoms with E-state index >= 15 is 0 Å². The number of sulfone groups is 1. The summed E-state index contributed by atoms with van der Waals surface area (Å²) in [6.45, 7) is 5.70. The normalized spacial score (nSPS) is 21.4. The van der Waals surface area contributed by atoms with E-state index in [1.165, 1.54) is 0 Å². The van der Waals surface area contributed by atoms with Crippen molar-refractivity contribution in [1.82, 2.24) is 10.2 Å². The molecule has 0 aromatic rings. The fraction of sp³-hybridized carbons (Fsp3) is 0.833. The van der Waals surface area contributed by atoms with E-state index in [4.69, 9.17) is 0 Å². The first-order valence-corrected chi connectivity index (χ1v) is 8.36. The molecule has 7 heteroatoms. The van der Waals surface area contributed by atoms with Crippen LogP contribution in [0.5, 0.6) is 0 Å². The van der Waals surface area contributed by atoms with Crippen molar-refractivity contribution in [3.63, 3.8) is 0 Å². The predicted molar refractivity (Wildman–Crippen MR) is 72.3 cm³/mol. The Morgan fingerprint density at radius 1 is 1.37 bits per heavy atom. The number of rotatable bonds is 5. The molecule has 1 saturated heterocycles. The van der Waals surface area contributed by atoms with E-state index in [0.29, 0.717) is 13.0 Å². The average Bonchev–Trinajstić information content (AvgIpc) is 2.67. The third-order valence-electron chi connectivity index (χ3n) is 3.25. The summed E-state index contributed by atoms with van der Waals surface area (Å²) in [4.78, 5) is 25.0. The second-order valence-electron chi connectivity index (χ2n) is 5.11. The van der Waals surface area contributed by atoms with Gasteiger partial charge < -0.3 is 10.2 Å². The maximum Gasteiger partial charge on any atom is 0.242 e. The molecule has 1 atom stereocenters. The van der Waals surface area contributed by atoms with E-state index in [0.717, 1.165) is 0 Å². The summed E-state index contributed by atoms with van der Waals surface area (Å²) >= 11 is 0. The lowest BCUT2D eigenvalue weighted by atomic mass is 10.2. The van der Waals surface area contributed by atoms with Gasteiger partial charge in [0.1, 0.15) is 0 Å². The van der Waals surface area contributed by atoms with Crippen molar-refractivity contribution in [3.05, 3.63) is 0 Å². The van der Waals surface area contributed by atoms with E-state index in [2.05, 4.69) is 5.32 Å². The predicted octanol–water partition coefficient (Wildman–Crippen LogP) is -0.206. The molecule has 110 valence electrons. The van der Waals surface area contributed by atoms with Gasteiger partial charge in [-0.1, -0.05) is 13.8 Å². The van der Waals surface area contributed by atoms with Gasteiger partial charge in [0.25, 0.3) is 0 Å². The molecule has 6 nitrogen and oxygen atoms in total. The van der Waals surface area contributed by atoms with Gasteiger partial charge in [0, 0.05) is 18.5 Å². The molecular formula is C12H22N2O4S. The molecule has 1 unspecified atom stereocenters. The van der Waals surface area contributed by atoms with Crippen LogP contribution in [-0.4, -0.2) is 55.8 Å². The molecular weight excluding hydrogens is 268 g/mol. The highest BCUT2D eigenvalue weighted by molar-refractivity contribution is 7.91. The molecule has 1 fully saturated rings. The summed E-state index contributed by atoms with van der Waals surface area (Å²) in [5.74, 6) is -0.401. The van der Waals surface area contributed by atoms with E-state index in [1.807, 2.05) is 6.92 Å². The highest BCUT2D eigenvalue weighted by atomic mass is 32.2. The maximum absolute atomic E-state index is 12.0. The Morgan fingerprint density at radius 2 is 2.00 bits per heavy atom. The number of amides is 2. The number of carbonyl (C=O) groups is 2. The van der Waals surface area contributed by atoms with Gasteiger partial charge in [0.15, 0.2) is 9.84 Å². The van der Waals surface area contributed by atoms with Crippen molar-refractivity contribution in [2.45, 2.75) is 33.2 Å². The van der Waals surface area contributed by atoms with Crippen LogP contribution in [0.4, 0.5) is 0 Å². The Kier molecular flexibility index (Phi) is 5.34. The number of hydrogen-bond donors (Lipinski definition) is 1. The van der Waals surface area contributed by atoms with Gasteiger partial charge in [-0.2, -0.15) is 0 Å². The fourth-order valence-corrected chi connectivity index (χ4v) is 3.86. The molecule has 0 aromatic heterocycles. The summed E-state index contributed by atoms with van der Waals surface area (Å²) in [5, 5.41) is 2.56. The summed E-state index contributed by atoms with van der Waals surface area (Å²) in [5.41, 5.74) is 0. The average molecular weight is 290 g/mol. The zero-order valence-electron chi connectivity index (χ0n) is 11.7. The van der Waals surface area contributed by atoms with Gasteiger partial charge >= 0.3 is 0 Å². The van der Waals surface area contributed by atoms with Crippen molar-refractivity contribution in [2.24, 2.45) is 5.92 Å². The van der Waals surface area contributed by atoms with E-state index in [-0.39, 0.29) is 41.8 Å². The summed E-state index contributed by atoms with van der Waals surface area (Å²) in [7, 11) is -3.01. The third-order valence-corrected chi connectivity index (χ3v) is 5.00. The van der Waals surface area contributed by atoms with Gasteiger partial charge in [-0.3, -0.25) is 9.59 Å². The largest absolute Gasteiger partial charge is 0.347 e. The molecule has 1 aliphatic heterocycles. The van der Waals surface area contributed by atoms with Crippen LogP contribution < -0.4 is 5.32 Å². The Balaban J connectivity index is 2.56. The van der Waals surface area contributed by atoms with Crippen LogP contribution in [0.15, 0.2) is 0 Å². The number of carbonyl (C=O) groups excluding carboxylic acids is 2. The van der Waals surface area contributed by atoms with Crippen molar-refractivity contribution >= 4 is 21.7 Å². The first-order chi connectivity index (χ1) is 8.76. The van der Waals surface area contributed by atoms with E-state index < -0.39 is 9.84 Å². The van der Waals surface area contributed by atoms with Crippen LogP contribution in [0.2, 0.25) is 0 Å². The lowest BCUT2D eigenvalue weighted by Gasteiger charge is -2.27. The summed E-state index contributed by atoms with van der Waals surface area (Å²) < 4.78 is 22.9. The smallest absolute Gasteiger partial charge is 0.242 e. The quantitative estimate of drug-likeness (QED) is 0.759. The Labute approximate surface area is 114 Å². The lowest BCUT2D eigenvalue weighted by Crippen LogP contribution is -2.46. The Hall–Kier alpha value is -1.11. The van der Waals surface area contributed by atoms with E-state index in [1.54, 1.807) is 18.7 Å². The number of nitrogens with zero attached hydrogens (tertiary/aromatic N) is 1. The minimum absolute atomic E-state index is 0.0324.